The smallest absolute Gasteiger partial charge is 0.253 e. The Labute approximate surface area is 187 Å². The molecule has 0 spiro atoms. The predicted molar refractivity (Wildman–Crippen MR) is 126 cm³/mol. The number of sulfone groups is 1. The fourth-order valence-electron chi connectivity index (χ4n) is 2.85. The first-order chi connectivity index (χ1) is 14.6. The van der Waals surface area contributed by atoms with E-state index < -0.39 is 15.7 Å². The van der Waals surface area contributed by atoms with Gasteiger partial charge in [-0.05, 0) is 36.8 Å². The van der Waals surface area contributed by atoms with E-state index in [1.54, 1.807) is 31.2 Å². The van der Waals surface area contributed by atoms with Crippen molar-refractivity contribution < 1.29 is 13.2 Å². The summed E-state index contributed by atoms with van der Waals surface area (Å²) in [6, 6.07) is 10.2. The van der Waals surface area contributed by atoms with Crippen molar-refractivity contribution in [3.05, 3.63) is 65.3 Å². The van der Waals surface area contributed by atoms with Gasteiger partial charge in [0.1, 0.15) is 5.82 Å². The summed E-state index contributed by atoms with van der Waals surface area (Å²) >= 11 is 6.01. The van der Waals surface area contributed by atoms with Crippen LogP contribution in [0, 0.1) is 0 Å². The Hall–Kier alpha value is -2.97. The van der Waals surface area contributed by atoms with Gasteiger partial charge in [-0.3, -0.25) is 4.79 Å². The van der Waals surface area contributed by atoms with Crippen LogP contribution < -0.4 is 10.6 Å². The quantitative estimate of drug-likeness (QED) is 0.565. The van der Waals surface area contributed by atoms with E-state index in [4.69, 9.17) is 17.3 Å². The van der Waals surface area contributed by atoms with Gasteiger partial charge in [0.05, 0.1) is 22.8 Å². The van der Waals surface area contributed by atoms with Crippen LogP contribution in [0.1, 0.15) is 26.3 Å². The van der Waals surface area contributed by atoms with E-state index in [-0.39, 0.29) is 28.6 Å². The molecule has 0 saturated carbocycles. The summed E-state index contributed by atoms with van der Waals surface area (Å²) in [7, 11) is -3.65. The average Bonchev–Trinajstić information content (AvgIpc) is 2.73. The van der Waals surface area contributed by atoms with E-state index in [2.05, 4.69) is 16.5 Å². The highest BCUT2D eigenvalue weighted by molar-refractivity contribution is 7.90. The molecule has 1 amide bonds. The number of nitrogens with two attached hydrogens (primary N) is 1. The number of nitrogen functional groups attached to an aromatic ring is 1. The summed E-state index contributed by atoms with van der Waals surface area (Å²) in [6.45, 7) is 9.36. The summed E-state index contributed by atoms with van der Waals surface area (Å²) in [6.07, 6.45) is 2.42. The van der Waals surface area contributed by atoms with E-state index in [0.29, 0.717) is 10.5 Å². The van der Waals surface area contributed by atoms with Crippen LogP contribution in [0.25, 0.3) is 10.9 Å². The van der Waals surface area contributed by atoms with E-state index in [9.17, 15) is 13.2 Å². The number of nitrogens with zero attached hydrogens (tertiary/aromatic N) is 3. The molecule has 0 fully saturated rings. The third kappa shape index (κ3) is 5.59. The van der Waals surface area contributed by atoms with E-state index >= 15 is 0 Å². The van der Waals surface area contributed by atoms with Gasteiger partial charge in [-0.2, -0.15) is 0 Å². The third-order valence-electron chi connectivity index (χ3n) is 4.21. The number of rotatable bonds is 5. The average molecular weight is 461 g/mol. The minimum absolute atomic E-state index is 0.0973. The predicted octanol–water partition coefficient (Wildman–Crippen LogP) is 4.40. The number of pyridine rings is 2. The lowest BCUT2D eigenvalue weighted by Crippen LogP contribution is -2.32. The molecule has 0 atom stereocenters. The zero-order valence-electron chi connectivity index (χ0n) is 17.9. The molecule has 9 heteroatoms. The molecule has 0 aliphatic carbocycles. The summed E-state index contributed by atoms with van der Waals surface area (Å²) < 4.78 is 24.4. The molecule has 0 unspecified atom stereocenters. The highest BCUT2D eigenvalue weighted by Crippen LogP contribution is 2.28. The molecule has 3 rings (SSSR count). The molecule has 164 valence electrons. The van der Waals surface area contributed by atoms with E-state index in [0.717, 1.165) is 17.2 Å². The van der Waals surface area contributed by atoms with Gasteiger partial charge in [-0.15, -0.1) is 0 Å². The number of hydrogen-bond acceptors (Lipinski definition) is 6. The Morgan fingerprint density at radius 3 is 2.52 bits per heavy atom. The molecule has 0 radical (unpaired) electrons. The van der Waals surface area contributed by atoms with Crippen LogP contribution >= 0.6 is 11.6 Å². The number of fused-ring (bicyclic) bond motifs is 1. The molecule has 2 N–H and O–H groups in total. The molecular formula is C22H25ClN4O3S. The molecule has 3 aromatic rings. The van der Waals surface area contributed by atoms with Gasteiger partial charge in [0.2, 0.25) is 0 Å². The van der Waals surface area contributed by atoms with Crippen LogP contribution in [0.3, 0.4) is 0 Å². The lowest BCUT2D eigenvalue weighted by molar-refractivity contribution is -0.115. The molecule has 0 aliphatic rings. The molecule has 7 nitrogen and oxygen atoms in total. The highest BCUT2D eigenvalue weighted by Gasteiger charge is 2.24. The molecule has 31 heavy (non-hydrogen) atoms. The van der Waals surface area contributed by atoms with Crippen molar-refractivity contribution in [2.24, 2.45) is 0 Å². The maximum Gasteiger partial charge on any atom is 0.253 e. The minimum atomic E-state index is -3.65. The van der Waals surface area contributed by atoms with Crippen molar-refractivity contribution in [1.29, 1.82) is 0 Å². The second kappa shape index (κ2) is 9.89. The largest absolute Gasteiger partial charge is 0.382 e. The minimum Gasteiger partial charge on any atom is -0.382 e. The van der Waals surface area contributed by atoms with Gasteiger partial charge in [0, 0.05) is 23.4 Å². The summed E-state index contributed by atoms with van der Waals surface area (Å²) in [5.41, 5.74) is 7.58. The van der Waals surface area contributed by atoms with Crippen molar-refractivity contribution in [3.8, 4) is 0 Å². The van der Waals surface area contributed by atoms with Crippen LogP contribution in [0.4, 0.5) is 11.5 Å². The van der Waals surface area contributed by atoms with Crippen molar-refractivity contribution in [1.82, 2.24) is 9.97 Å². The number of benzene rings is 1. The first kappa shape index (κ1) is 24.3. The molecule has 0 bridgehead atoms. The Bertz CT molecular complexity index is 1240. The topological polar surface area (TPSA) is 106 Å². The molecule has 0 aliphatic heterocycles. The monoisotopic (exact) mass is 460 g/mol. The third-order valence-corrected chi connectivity index (χ3v) is 5.53. The number of amides is 1. The Kier molecular flexibility index (Phi) is 7.75. The fraction of sp³-hybridized carbons (Fsp3) is 0.227. The van der Waals surface area contributed by atoms with E-state index in [1.807, 2.05) is 26.0 Å². The Morgan fingerprint density at radius 1 is 1.23 bits per heavy atom. The second-order valence-electron chi connectivity index (χ2n) is 6.65. The van der Waals surface area contributed by atoms with Crippen molar-refractivity contribution in [2.45, 2.75) is 32.3 Å². The maximum absolute atomic E-state index is 12.8. The molecule has 0 saturated heterocycles. The number of anilines is 2. The lowest BCUT2D eigenvalue weighted by atomic mass is 10.1. The van der Waals surface area contributed by atoms with E-state index in [1.165, 1.54) is 11.1 Å². The second-order valence-corrected chi connectivity index (χ2v) is 8.99. The Balaban J connectivity index is 0.00000166. The number of aromatic nitrogens is 2. The zero-order chi connectivity index (χ0) is 23.3. The van der Waals surface area contributed by atoms with Crippen molar-refractivity contribution in [3.63, 3.8) is 0 Å². The van der Waals surface area contributed by atoms with Crippen LogP contribution in [0.5, 0.6) is 0 Å². The maximum atomic E-state index is 12.8. The van der Waals surface area contributed by atoms with Gasteiger partial charge in [-0.1, -0.05) is 44.2 Å². The molecule has 1 aromatic carbocycles. The summed E-state index contributed by atoms with van der Waals surface area (Å²) in [5, 5.41) is 0.978. The summed E-state index contributed by atoms with van der Waals surface area (Å²) in [4.78, 5) is 22.4. The van der Waals surface area contributed by atoms with Gasteiger partial charge < -0.3 is 10.6 Å². The van der Waals surface area contributed by atoms with Gasteiger partial charge in [-0.25, -0.2) is 18.4 Å². The Morgan fingerprint density at radius 2 is 1.90 bits per heavy atom. The van der Waals surface area contributed by atoms with Crippen LogP contribution in [-0.2, 0) is 21.2 Å². The van der Waals surface area contributed by atoms with Crippen molar-refractivity contribution in [2.75, 3.05) is 16.9 Å². The molecule has 2 heterocycles. The first-order valence-corrected chi connectivity index (χ1v) is 11.8. The summed E-state index contributed by atoms with van der Waals surface area (Å²) in [5.74, 6) is -0.204. The highest BCUT2D eigenvalue weighted by atomic mass is 35.5. The lowest BCUT2D eigenvalue weighted by Gasteiger charge is -2.24. The standard InChI is InChI=1S/C20H19ClN4O3S.C2H6/c1-12(2)20(26)25(17-5-4-8-23-19(17)29(3,27)28)11-13-6-7-14-10-15(21)18(22)24-16(14)9-13;1-2/h4-10H,1,11H2,2-3H3,(H2,22,24);1-2H3. The van der Waals surface area contributed by atoms with Gasteiger partial charge in [0.15, 0.2) is 14.9 Å². The first-order valence-electron chi connectivity index (χ1n) is 9.55. The SMILES string of the molecule is C=C(C)C(=O)N(Cc1ccc2cc(Cl)c(N)nc2c1)c1cccnc1S(C)(=O)=O.CC. The van der Waals surface area contributed by atoms with Crippen LogP contribution in [-0.4, -0.2) is 30.5 Å². The van der Waals surface area contributed by atoms with Gasteiger partial charge in [0.25, 0.3) is 5.91 Å². The van der Waals surface area contributed by atoms with Crippen molar-refractivity contribution >= 4 is 49.8 Å². The molecule has 2 aromatic heterocycles. The number of carbonyl (C=O) groups excluding carboxylic acids is 1. The van der Waals surface area contributed by atoms with Crippen LogP contribution in [0.15, 0.2) is 59.8 Å². The zero-order valence-corrected chi connectivity index (χ0v) is 19.5. The van der Waals surface area contributed by atoms with Crippen LogP contribution in [0.2, 0.25) is 5.02 Å². The number of carbonyl (C=O) groups is 1. The number of hydrogen-bond donors (Lipinski definition) is 1. The fourth-order valence-corrected chi connectivity index (χ4v) is 3.82. The van der Waals surface area contributed by atoms with Gasteiger partial charge >= 0.3 is 0 Å². The normalized spacial score (nSPS) is 10.9. The number of halogens is 1. The molecular weight excluding hydrogens is 436 g/mol.